The third-order valence-electron chi connectivity index (χ3n) is 2.06. The number of nitrogens with two attached hydrogens (primary N) is 1. The second kappa shape index (κ2) is 7.06. The average molecular weight is 235 g/mol. The number of hydrogen-bond donors (Lipinski definition) is 1. The molecule has 0 fully saturated rings. The van der Waals surface area contributed by atoms with Crippen LogP contribution >= 0.6 is 11.8 Å². The summed E-state index contributed by atoms with van der Waals surface area (Å²) in [7, 11) is 0. The van der Waals surface area contributed by atoms with E-state index in [1.165, 1.54) is 17.3 Å². The summed E-state index contributed by atoms with van der Waals surface area (Å²) in [5.41, 5.74) is 7.96. The Balaban J connectivity index is 2.44. The van der Waals surface area contributed by atoms with Crippen molar-refractivity contribution in [2.24, 2.45) is 15.9 Å². The largest absolute Gasteiger partial charge is 0.377 e. The second-order valence-electron chi connectivity index (χ2n) is 3.40. The normalized spacial score (nSPS) is 12.9. The van der Waals surface area contributed by atoms with Crippen LogP contribution in [0.3, 0.4) is 0 Å². The lowest BCUT2D eigenvalue weighted by Crippen LogP contribution is -2.06. The summed E-state index contributed by atoms with van der Waals surface area (Å²) >= 11 is 1.50. The molecule has 0 unspecified atom stereocenters. The molecule has 0 spiro atoms. The van der Waals surface area contributed by atoms with Gasteiger partial charge in [0, 0.05) is 11.5 Å². The first-order valence-corrected chi connectivity index (χ1v) is 6.24. The SMILES string of the molecule is CC/C(C)=N\N=C(\N)SCc1ccccc1. The minimum atomic E-state index is 0.511. The number of hydrogen-bond acceptors (Lipinski definition) is 3. The first-order valence-electron chi connectivity index (χ1n) is 5.25. The topological polar surface area (TPSA) is 50.7 Å². The van der Waals surface area contributed by atoms with Crippen molar-refractivity contribution in [3.63, 3.8) is 0 Å². The average Bonchev–Trinajstić information content (AvgIpc) is 2.34. The predicted molar refractivity (Wildman–Crippen MR) is 72.8 cm³/mol. The van der Waals surface area contributed by atoms with Gasteiger partial charge in [0.1, 0.15) is 0 Å². The summed E-state index contributed by atoms with van der Waals surface area (Å²) in [6.07, 6.45) is 0.903. The van der Waals surface area contributed by atoms with Crippen LogP contribution in [0.1, 0.15) is 25.8 Å². The zero-order chi connectivity index (χ0) is 11.8. The fraction of sp³-hybridized carbons (Fsp3) is 0.333. The van der Waals surface area contributed by atoms with Crippen LogP contribution in [0.2, 0.25) is 0 Å². The molecule has 0 aliphatic rings. The molecule has 4 heteroatoms. The molecule has 0 saturated heterocycles. The minimum absolute atomic E-state index is 0.511. The van der Waals surface area contributed by atoms with Gasteiger partial charge in [0.15, 0.2) is 5.17 Å². The highest BCUT2D eigenvalue weighted by molar-refractivity contribution is 8.13. The van der Waals surface area contributed by atoms with Crippen molar-refractivity contribution < 1.29 is 0 Å². The summed E-state index contributed by atoms with van der Waals surface area (Å²) < 4.78 is 0. The first-order chi connectivity index (χ1) is 7.72. The van der Waals surface area contributed by atoms with E-state index in [4.69, 9.17) is 5.73 Å². The van der Waals surface area contributed by atoms with Crippen LogP contribution in [0.15, 0.2) is 40.5 Å². The Morgan fingerprint density at radius 2 is 1.94 bits per heavy atom. The van der Waals surface area contributed by atoms with Crippen LogP contribution < -0.4 is 5.73 Å². The van der Waals surface area contributed by atoms with E-state index in [1.807, 2.05) is 32.0 Å². The highest BCUT2D eigenvalue weighted by atomic mass is 32.2. The third-order valence-corrected chi connectivity index (χ3v) is 2.92. The molecule has 2 N–H and O–H groups in total. The van der Waals surface area contributed by atoms with E-state index in [-0.39, 0.29) is 0 Å². The first kappa shape index (κ1) is 12.8. The van der Waals surface area contributed by atoms with Crippen LogP contribution in [0.4, 0.5) is 0 Å². The number of thioether (sulfide) groups is 1. The van der Waals surface area contributed by atoms with Crippen LogP contribution in [-0.4, -0.2) is 10.9 Å². The van der Waals surface area contributed by atoms with E-state index in [9.17, 15) is 0 Å². The van der Waals surface area contributed by atoms with Crippen molar-refractivity contribution in [1.29, 1.82) is 0 Å². The Morgan fingerprint density at radius 1 is 1.25 bits per heavy atom. The van der Waals surface area contributed by atoms with Gasteiger partial charge in [-0.25, -0.2) is 0 Å². The molecule has 1 aromatic rings. The molecule has 0 bridgehead atoms. The molecule has 86 valence electrons. The van der Waals surface area contributed by atoms with Gasteiger partial charge in [0.05, 0.1) is 0 Å². The maximum absolute atomic E-state index is 5.73. The number of rotatable bonds is 4. The van der Waals surface area contributed by atoms with E-state index in [2.05, 4.69) is 22.3 Å². The molecule has 0 aliphatic heterocycles. The molecule has 1 rings (SSSR count). The highest BCUT2D eigenvalue weighted by Crippen LogP contribution is 2.11. The summed E-state index contributed by atoms with van der Waals surface area (Å²) in [4.78, 5) is 0. The lowest BCUT2D eigenvalue weighted by Gasteiger charge is -1.99. The fourth-order valence-corrected chi connectivity index (χ4v) is 1.57. The molecule has 16 heavy (non-hydrogen) atoms. The third kappa shape index (κ3) is 4.98. The summed E-state index contributed by atoms with van der Waals surface area (Å²) in [6, 6.07) is 10.2. The summed E-state index contributed by atoms with van der Waals surface area (Å²) in [6.45, 7) is 3.99. The second-order valence-corrected chi connectivity index (χ2v) is 4.40. The van der Waals surface area contributed by atoms with Gasteiger partial charge < -0.3 is 5.73 Å². The van der Waals surface area contributed by atoms with E-state index in [1.54, 1.807) is 0 Å². The lowest BCUT2D eigenvalue weighted by atomic mass is 10.2. The van der Waals surface area contributed by atoms with E-state index in [0.717, 1.165) is 17.9 Å². The highest BCUT2D eigenvalue weighted by Gasteiger charge is 1.95. The van der Waals surface area contributed by atoms with Crippen molar-refractivity contribution in [1.82, 2.24) is 0 Å². The van der Waals surface area contributed by atoms with Gasteiger partial charge in [-0.2, -0.15) is 5.10 Å². The Bertz CT molecular complexity index is 371. The number of nitrogens with zero attached hydrogens (tertiary/aromatic N) is 2. The molecule has 0 amide bonds. The van der Waals surface area contributed by atoms with Crippen molar-refractivity contribution in [2.45, 2.75) is 26.0 Å². The van der Waals surface area contributed by atoms with Gasteiger partial charge in [0.2, 0.25) is 0 Å². The van der Waals surface area contributed by atoms with Gasteiger partial charge >= 0.3 is 0 Å². The van der Waals surface area contributed by atoms with Crippen molar-refractivity contribution in [3.8, 4) is 0 Å². The number of benzene rings is 1. The zero-order valence-electron chi connectivity index (χ0n) is 9.68. The molecular weight excluding hydrogens is 218 g/mol. The van der Waals surface area contributed by atoms with Crippen LogP contribution in [0.5, 0.6) is 0 Å². The van der Waals surface area contributed by atoms with Crippen molar-refractivity contribution in [3.05, 3.63) is 35.9 Å². The van der Waals surface area contributed by atoms with Gasteiger partial charge in [0.25, 0.3) is 0 Å². The molecule has 0 atom stereocenters. The Kier molecular flexibility index (Phi) is 5.64. The summed E-state index contributed by atoms with van der Waals surface area (Å²) in [5.74, 6) is 0.830. The quantitative estimate of drug-likeness (QED) is 0.495. The maximum Gasteiger partial charge on any atom is 0.180 e. The monoisotopic (exact) mass is 235 g/mol. The van der Waals surface area contributed by atoms with Crippen LogP contribution in [0, 0.1) is 0 Å². The molecule has 0 aromatic heterocycles. The maximum atomic E-state index is 5.73. The number of amidine groups is 1. The minimum Gasteiger partial charge on any atom is -0.377 e. The lowest BCUT2D eigenvalue weighted by molar-refractivity contribution is 1.16. The zero-order valence-corrected chi connectivity index (χ0v) is 10.5. The standard InChI is InChI=1S/C12H17N3S/c1-3-10(2)14-15-12(13)16-9-11-7-5-4-6-8-11/h4-8H,3,9H2,1-2H3,(H2,13,15)/b14-10-. The molecule has 0 radical (unpaired) electrons. The van der Waals surface area contributed by atoms with Crippen molar-refractivity contribution >= 4 is 22.6 Å². The van der Waals surface area contributed by atoms with E-state index in [0.29, 0.717) is 5.17 Å². The van der Waals surface area contributed by atoms with E-state index < -0.39 is 0 Å². The fourth-order valence-electron chi connectivity index (χ4n) is 0.966. The molecule has 1 aromatic carbocycles. The molecule has 0 saturated carbocycles. The predicted octanol–water partition coefficient (Wildman–Crippen LogP) is 3.02. The molecule has 3 nitrogen and oxygen atoms in total. The Hall–Kier alpha value is -1.29. The van der Waals surface area contributed by atoms with Gasteiger partial charge in [-0.3, -0.25) is 0 Å². The molecular formula is C12H17N3S. The van der Waals surface area contributed by atoms with Gasteiger partial charge in [-0.1, -0.05) is 49.0 Å². The van der Waals surface area contributed by atoms with Gasteiger partial charge in [-0.05, 0) is 18.9 Å². The smallest absolute Gasteiger partial charge is 0.180 e. The van der Waals surface area contributed by atoms with Crippen LogP contribution in [-0.2, 0) is 5.75 Å². The van der Waals surface area contributed by atoms with Crippen molar-refractivity contribution in [2.75, 3.05) is 0 Å². The van der Waals surface area contributed by atoms with Crippen LogP contribution in [0.25, 0.3) is 0 Å². The van der Waals surface area contributed by atoms with Gasteiger partial charge in [-0.15, -0.1) is 5.10 Å². The van der Waals surface area contributed by atoms with E-state index >= 15 is 0 Å². The Morgan fingerprint density at radius 3 is 2.56 bits per heavy atom. The summed E-state index contributed by atoms with van der Waals surface area (Å²) in [5, 5.41) is 8.48. The molecule has 0 heterocycles. The Labute approximate surface area is 101 Å². The molecule has 0 aliphatic carbocycles.